The Morgan fingerprint density at radius 2 is 2.24 bits per heavy atom. The van der Waals surface area contributed by atoms with Crippen molar-refractivity contribution in [3.05, 3.63) is 18.3 Å². The van der Waals surface area contributed by atoms with Crippen LogP contribution in [0.1, 0.15) is 12.8 Å². The van der Waals surface area contributed by atoms with Crippen LogP contribution in [0.25, 0.3) is 0 Å². The first-order valence-corrected chi connectivity index (χ1v) is 5.82. The van der Waals surface area contributed by atoms with Gasteiger partial charge in [0, 0.05) is 31.4 Å². The van der Waals surface area contributed by atoms with E-state index in [1.807, 2.05) is 12.1 Å². The summed E-state index contributed by atoms with van der Waals surface area (Å²) in [5.74, 6) is 0.615. The quantitative estimate of drug-likeness (QED) is 0.818. The number of ether oxygens (including phenoxy) is 2. The zero-order chi connectivity index (χ0) is 12.1. The Morgan fingerprint density at radius 3 is 2.82 bits per heavy atom. The predicted molar refractivity (Wildman–Crippen MR) is 66.3 cm³/mol. The maximum atomic E-state index is 6.28. The second-order valence-corrected chi connectivity index (χ2v) is 4.42. The van der Waals surface area contributed by atoms with Crippen molar-refractivity contribution < 1.29 is 9.47 Å². The van der Waals surface area contributed by atoms with Gasteiger partial charge in [-0.3, -0.25) is 0 Å². The molecule has 0 aliphatic carbocycles. The standard InChI is InChI=1S/C12H19N3O2/c1-16-11-3-2-10(8-14-11)15-9-12(13)4-6-17-7-5-12/h2-3,8,15H,4-7,9,13H2,1H3. The summed E-state index contributed by atoms with van der Waals surface area (Å²) in [6, 6.07) is 3.77. The third kappa shape index (κ3) is 3.31. The fraction of sp³-hybridized carbons (Fsp3) is 0.583. The summed E-state index contributed by atoms with van der Waals surface area (Å²) in [6.07, 6.45) is 3.54. The minimum Gasteiger partial charge on any atom is -0.481 e. The van der Waals surface area contributed by atoms with Gasteiger partial charge in [-0.1, -0.05) is 0 Å². The lowest BCUT2D eigenvalue weighted by atomic mass is 9.91. The molecule has 0 amide bonds. The van der Waals surface area contributed by atoms with Crippen LogP contribution in [0.3, 0.4) is 0 Å². The van der Waals surface area contributed by atoms with E-state index in [4.69, 9.17) is 15.2 Å². The van der Waals surface area contributed by atoms with Gasteiger partial charge in [-0.15, -0.1) is 0 Å². The summed E-state index contributed by atoms with van der Waals surface area (Å²) in [5, 5.41) is 3.31. The van der Waals surface area contributed by atoms with Gasteiger partial charge in [-0.05, 0) is 18.9 Å². The number of aromatic nitrogens is 1. The van der Waals surface area contributed by atoms with E-state index in [0.29, 0.717) is 5.88 Å². The highest BCUT2D eigenvalue weighted by atomic mass is 16.5. The van der Waals surface area contributed by atoms with E-state index < -0.39 is 0 Å². The number of hydrogen-bond acceptors (Lipinski definition) is 5. The first-order valence-electron chi connectivity index (χ1n) is 5.82. The van der Waals surface area contributed by atoms with E-state index in [9.17, 15) is 0 Å². The van der Waals surface area contributed by atoms with Crippen molar-refractivity contribution in [1.29, 1.82) is 0 Å². The lowest BCUT2D eigenvalue weighted by molar-refractivity contribution is 0.0575. The van der Waals surface area contributed by atoms with Crippen LogP contribution in [-0.2, 0) is 4.74 Å². The minimum atomic E-state index is -0.168. The number of nitrogens with two attached hydrogens (primary N) is 1. The van der Waals surface area contributed by atoms with Crippen molar-refractivity contribution >= 4 is 5.69 Å². The zero-order valence-electron chi connectivity index (χ0n) is 10.1. The van der Waals surface area contributed by atoms with Crippen LogP contribution in [0.2, 0.25) is 0 Å². The largest absolute Gasteiger partial charge is 0.481 e. The van der Waals surface area contributed by atoms with Crippen molar-refractivity contribution in [3.8, 4) is 5.88 Å². The number of methoxy groups -OCH3 is 1. The summed E-state index contributed by atoms with van der Waals surface area (Å²) in [6.45, 7) is 2.24. The van der Waals surface area contributed by atoms with Crippen molar-refractivity contribution in [3.63, 3.8) is 0 Å². The Labute approximate surface area is 101 Å². The fourth-order valence-electron chi connectivity index (χ4n) is 1.84. The topological polar surface area (TPSA) is 69.4 Å². The Morgan fingerprint density at radius 1 is 1.47 bits per heavy atom. The Bertz CT molecular complexity index is 347. The van der Waals surface area contributed by atoms with Gasteiger partial charge < -0.3 is 20.5 Å². The number of nitrogens with zero attached hydrogens (tertiary/aromatic N) is 1. The van der Waals surface area contributed by atoms with Gasteiger partial charge >= 0.3 is 0 Å². The highest BCUT2D eigenvalue weighted by molar-refractivity contribution is 5.42. The molecule has 0 aromatic carbocycles. The number of hydrogen-bond donors (Lipinski definition) is 2. The van der Waals surface area contributed by atoms with Gasteiger partial charge in [0.2, 0.25) is 5.88 Å². The molecule has 0 bridgehead atoms. The minimum absolute atomic E-state index is 0.168. The van der Waals surface area contributed by atoms with E-state index in [-0.39, 0.29) is 5.54 Å². The van der Waals surface area contributed by atoms with Crippen LogP contribution in [0.4, 0.5) is 5.69 Å². The first kappa shape index (κ1) is 12.1. The van der Waals surface area contributed by atoms with E-state index in [0.717, 1.165) is 38.3 Å². The Kier molecular flexibility index (Phi) is 3.81. The van der Waals surface area contributed by atoms with Crippen molar-refractivity contribution in [1.82, 2.24) is 4.98 Å². The van der Waals surface area contributed by atoms with Crippen LogP contribution in [0.15, 0.2) is 18.3 Å². The molecule has 17 heavy (non-hydrogen) atoms. The van der Waals surface area contributed by atoms with Crippen molar-refractivity contribution in [2.24, 2.45) is 5.73 Å². The monoisotopic (exact) mass is 237 g/mol. The molecule has 1 aliphatic heterocycles. The van der Waals surface area contributed by atoms with Gasteiger partial charge in [0.1, 0.15) is 0 Å². The second-order valence-electron chi connectivity index (χ2n) is 4.42. The summed E-state index contributed by atoms with van der Waals surface area (Å²) in [5.41, 5.74) is 7.07. The highest BCUT2D eigenvalue weighted by Gasteiger charge is 2.27. The average Bonchev–Trinajstić information content (AvgIpc) is 2.38. The third-order valence-corrected chi connectivity index (χ3v) is 3.08. The maximum Gasteiger partial charge on any atom is 0.213 e. The number of pyridine rings is 1. The molecule has 0 atom stereocenters. The molecule has 3 N–H and O–H groups in total. The molecule has 5 nitrogen and oxygen atoms in total. The number of anilines is 1. The Hall–Kier alpha value is -1.33. The zero-order valence-corrected chi connectivity index (χ0v) is 10.1. The van der Waals surface area contributed by atoms with E-state index in [1.54, 1.807) is 13.3 Å². The lowest BCUT2D eigenvalue weighted by Crippen LogP contribution is -2.50. The summed E-state index contributed by atoms with van der Waals surface area (Å²) in [4.78, 5) is 4.13. The van der Waals surface area contributed by atoms with Gasteiger partial charge in [-0.25, -0.2) is 4.98 Å². The van der Waals surface area contributed by atoms with Gasteiger partial charge in [0.15, 0.2) is 0 Å². The summed E-state index contributed by atoms with van der Waals surface area (Å²) >= 11 is 0. The fourth-order valence-corrected chi connectivity index (χ4v) is 1.84. The molecule has 1 aromatic heterocycles. The molecular formula is C12H19N3O2. The molecule has 2 heterocycles. The van der Waals surface area contributed by atoms with Crippen LogP contribution < -0.4 is 15.8 Å². The van der Waals surface area contributed by atoms with Gasteiger partial charge in [0.05, 0.1) is 19.0 Å². The van der Waals surface area contributed by atoms with E-state index in [2.05, 4.69) is 10.3 Å². The normalized spacial score (nSPS) is 18.7. The molecule has 1 aromatic rings. The van der Waals surface area contributed by atoms with Crippen molar-refractivity contribution in [2.75, 3.05) is 32.2 Å². The molecule has 0 radical (unpaired) electrons. The molecule has 2 rings (SSSR count). The molecule has 1 aliphatic rings. The first-order chi connectivity index (χ1) is 8.22. The molecule has 0 saturated carbocycles. The van der Waals surface area contributed by atoms with Crippen LogP contribution >= 0.6 is 0 Å². The molecule has 1 fully saturated rings. The lowest BCUT2D eigenvalue weighted by Gasteiger charge is -2.33. The SMILES string of the molecule is COc1ccc(NCC2(N)CCOCC2)cn1. The van der Waals surface area contributed by atoms with Crippen molar-refractivity contribution in [2.45, 2.75) is 18.4 Å². The van der Waals surface area contributed by atoms with Crippen LogP contribution in [-0.4, -0.2) is 37.4 Å². The smallest absolute Gasteiger partial charge is 0.213 e. The molecule has 5 heteroatoms. The highest BCUT2D eigenvalue weighted by Crippen LogP contribution is 2.19. The number of rotatable bonds is 4. The van der Waals surface area contributed by atoms with Gasteiger partial charge in [-0.2, -0.15) is 0 Å². The molecule has 0 unspecified atom stereocenters. The molecule has 0 spiro atoms. The molecule has 1 saturated heterocycles. The van der Waals surface area contributed by atoms with Gasteiger partial charge in [0.25, 0.3) is 0 Å². The Balaban J connectivity index is 1.87. The van der Waals surface area contributed by atoms with E-state index >= 15 is 0 Å². The van der Waals surface area contributed by atoms with Crippen LogP contribution in [0, 0.1) is 0 Å². The predicted octanol–water partition coefficient (Wildman–Crippen LogP) is 1.01. The average molecular weight is 237 g/mol. The van der Waals surface area contributed by atoms with E-state index in [1.165, 1.54) is 0 Å². The second kappa shape index (κ2) is 5.33. The van der Waals surface area contributed by atoms with Crippen LogP contribution in [0.5, 0.6) is 5.88 Å². The maximum absolute atomic E-state index is 6.28. The summed E-state index contributed by atoms with van der Waals surface area (Å²) < 4.78 is 10.3. The molecule has 94 valence electrons. The molecular weight excluding hydrogens is 218 g/mol. The third-order valence-electron chi connectivity index (χ3n) is 3.08. The number of nitrogens with one attached hydrogen (secondary N) is 1. The summed E-state index contributed by atoms with van der Waals surface area (Å²) in [7, 11) is 1.60.